The number of fused-ring (bicyclic) bond motifs is 1. The van der Waals surface area contributed by atoms with E-state index in [1.165, 1.54) is 0 Å². The van der Waals surface area contributed by atoms with Gasteiger partial charge in [0.1, 0.15) is 11.8 Å². The molecule has 0 spiro atoms. The number of benzene rings is 2. The molecule has 0 aromatic heterocycles. The summed E-state index contributed by atoms with van der Waals surface area (Å²) in [5.41, 5.74) is 1.83. The van der Waals surface area contributed by atoms with Gasteiger partial charge in [-0.3, -0.25) is 14.5 Å². The Hall–Kier alpha value is -3.75. The van der Waals surface area contributed by atoms with E-state index in [9.17, 15) is 14.4 Å². The van der Waals surface area contributed by atoms with E-state index >= 15 is 0 Å². The molecule has 162 valence electrons. The van der Waals surface area contributed by atoms with E-state index in [1.807, 2.05) is 30.3 Å². The summed E-state index contributed by atoms with van der Waals surface area (Å²) in [5.74, 6) is 1.33. The molecule has 9 nitrogen and oxygen atoms in total. The van der Waals surface area contributed by atoms with Crippen molar-refractivity contribution >= 4 is 17.8 Å². The Kier molecular flexibility index (Phi) is 5.92. The number of hydrogen-bond acceptors (Lipinski definition) is 6. The first kappa shape index (κ1) is 20.5. The van der Waals surface area contributed by atoms with E-state index < -0.39 is 18.0 Å². The molecule has 2 aromatic carbocycles. The maximum atomic E-state index is 12.6. The van der Waals surface area contributed by atoms with Gasteiger partial charge in [-0.2, -0.15) is 0 Å². The molecule has 2 N–H and O–H groups in total. The van der Waals surface area contributed by atoms with Crippen LogP contribution in [0.15, 0.2) is 42.5 Å². The molecule has 4 rings (SSSR count). The van der Waals surface area contributed by atoms with Gasteiger partial charge in [-0.15, -0.1) is 0 Å². The van der Waals surface area contributed by atoms with Crippen LogP contribution in [0.5, 0.6) is 17.2 Å². The Balaban J connectivity index is 1.26. The molecule has 31 heavy (non-hydrogen) atoms. The predicted octanol–water partition coefficient (Wildman–Crippen LogP) is 1.59. The second kappa shape index (κ2) is 8.95. The van der Waals surface area contributed by atoms with Crippen LogP contribution in [0, 0.1) is 0 Å². The fourth-order valence-electron chi connectivity index (χ4n) is 3.47. The zero-order chi connectivity index (χ0) is 21.8. The topological polar surface area (TPSA) is 106 Å². The van der Waals surface area contributed by atoms with Crippen molar-refractivity contribution in [3.63, 3.8) is 0 Å². The molecule has 0 radical (unpaired) electrons. The number of carbonyl (C=O) groups is 3. The molecule has 4 amide bonds. The quantitative estimate of drug-likeness (QED) is 0.623. The van der Waals surface area contributed by atoms with Crippen LogP contribution in [-0.2, 0) is 22.6 Å². The SMILES string of the molecule is COc1ccc(CCN2C(=O)N[C@@H](CC(=O)NCc3ccc4c(c3)OCO4)C2=O)cc1. The highest BCUT2D eigenvalue weighted by atomic mass is 16.7. The van der Waals surface area contributed by atoms with Crippen LogP contribution in [0.4, 0.5) is 4.79 Å². The first-order valence-corrected chi connectivity index (χ1v) is 9.93. The summed E-state index contributed by atoms with van der Waals surface area (Å²) in [6.07, 6.45) is 0.403. The highest BCUT2D eigenvalue weighted by Gasteiger charge is 2.38. The number of methoxy groups -OCH3 is 1. The third kappa shape index (κ3) is 4.71. The Morgan fingerprint density at radius 3 is 2.65 bits per heavy atom. The molecule has 2 aliphatic rings. The number of amides is 4. The summed E-state index contributed by atoms with van der Waals surface area (Å²) in [4.78, 5) is 38.2. The molecule has 0 saturated carbocycles. The fourth-order valence-corrected chi connectivity index (χ4v) is 3.47. The van der Waals surface area contributed by atoms with Gasteiger partial charge < -0.3 is 24.8 Å². The smallest absolute Gasteiger partial charge is 0.324 e. The Bertz CT molecular complexity index is 991. The van der Waals surface area contributed by atoms with Gasteiger partial charge in [-0.25, -0.2) is 4.79 Å². The molecule has 9 heteroatoms. The van der Waals surface area contributed by atoms with Gasteiger partial charge in [0.15, 0.2) is 11.5 Å². The number of imide groups is 1. The van der Waals surface area contributed by atoms with Crippen LogP contribution in [0.3, 0.4) is 0 Å². The molecule has 2 heterocycles. The molecule has 2 aliphatic heterocycles. The molecular formula is C22H23N3O6. The van der Waals surface area contributed by atoms with E-state index in [0.717, 1.165) is 21.8 Å². The van der Waals surface area contributed by atoms with Crippen LogP contribution >= 0.6 is 0 Å². The van der Waals surface area contributed by atoms with Crippen LogP contribution in [0.2, 0.25) is 0 Å². The van der Waals surface area contributed by atoms with Gasteiger partial charge in [0.2, 0.25) is 12.7 Å². The average molecular weight is 425 g/mol. The van der Waals surface area contributed by atoms with Gasteiger partial charge in [0.05, 0.1) is 13.5 Å². The summed E-state index contributed by atoms with van der Waals surface area (Å²) in [5, 5.41) is 5.36. The number of rotatable bonds is 8. The molecule has 0 bridgehead atoms. The van der Waals surface area contributed by atoms with Crippen LogP contribution in [0.25, 0.3) is 0 Å². The van der Waals surface area contributed by atoms with Gasteiger partial charge in [-0.05, 0) is 41.8 Å². The fraction of sp³-hybridized carbons (Fsp3) is 0.318. The first-order valence-electron chi connectivity index (χ1n) is 9.93. The van der Waals surface area contributed by atoms with Gasteiger partial charge in [0, 0.05) is 13.1 Å². The van der Waals surface area contributed by atoms with Crippen molar-refractivity contribution in [2.45, 2.75) is 25.4 Å². The lowest BCUT2D eigenvalue weighted by Gasteiger charge is -2.13. The van der Waals surface area contributed by atoms with Crippen molar-refractivity contribution in [1.82, 2.24) is 15.5 Å². The zero-order valence-corrected chi connectivity index (χ0v) is 17.1. The maximum Gasteiger partial charge on any atom is 0.324 e. The third-order valence-electron chi connectivity index (χ3n) is 5.21. The normalized spacial score (nSPS) is 16.9. The van der Waals surface area contributed by atoms with Crippen LogP contribution in [-0.4, -0.2) is 49.2 Å². The lowest BCUT2D eigenvalue weighted by atomic mass is 10.1. The first-order chi connectivity index (χ1) is 15.0. The van der Waals surface area contributed by atoms with E-state index in [-0.39, 0.29) is 32.2 Å². The predicted molar refractivity (Wildman–Crippen MR) is 110 cm³/mol. The van der Waals surface area contributed by atoms with Gasteiger partial charge >= 0.3 is 6.03 Å². The number of hydrogen-bond donors (Lipinski definition) is 2. The zero-order valence-electron chi connectivity index (χ0n) is 17.1. The van der Waals surface area contributed by atoms with Crippen molar-refractivity contribution < 1.29 is 28.6 Å². The van der Waals surface area contributed by atoms with E-state index in [1.54, 1.807) is 19.2 Å². The average Bonchev–Trinajstić information content (AvgIpc) is 3.35. The number of nitrogens with one attached hydrogen (secondary N) is 2. The van der Waals surface area contributed by atoms with Crippen molar-refractivity contribution in [2.75, 3.05) is 20.4 Å². The molecule has 1 fully saturated rings. The van der Waals surface area contributed by atoms with Crippen LogP contribution < -0.4 is 24.8 Å². The minimum Gasteiger partial charge on any atom is -0.497 e. The van der Waals surface area contributed by atoms with Gasteiger partial charge in [-0.1, -0.05) is 18.2 Å². The minimum atomic E-state index is -0.861. The lowest BCUT2D eigenvalue weighted by Crippen LogP contribution is -2.36. The summed E-state index contributed by atoms with van der Waals surface area (Å²) in [7, 11) is 1.59. The Morgan fingerprint density at radius 2 is 1.87 bits per heavy atom. The number of ether oxygens (including phenoxy) is 3. The summed E-state index contributed by atoms with van der Waals surface area (Å²) >= 11 is 0. The largest absolute Gasteiger partial charge is 0.497 e. The van der Waals surface area contributed by atoms with Crippen molar-refractivity contribution in [2.24, 2.45) is 0 Å². The molecule has 0 aliphatic carbocycles. The van der Waals surface area contributed by atoms with Crippen molar-refractivity contribution in [3.8, 4) is 17.2 Å². The third-order valence-corrected chi connectivity index (χ3v) is 5.21. The van der Waals surface area contributed by atoms with Crippen molar-refractivity contribution in [3.05, 3.63) is 53.6 Å². The number of urea groups is 1. The molecule has 1 atom stereocenters. The number of nitrogens with zero attached hydrogens (tertiary/aromatic N) is 1. The minimum absolute atomic E-state index is 0.117. The van der Waals surface area contributed by atoms with E-state index in [0.29, 0.717) is 17.9 Å². The molecule has 0 unspecified atom stereocenters. The highest BCUT2D eigenvalue weighted by molar-refractivity contribution is 6.05. The number of carbonyl (C=O) groups excluding carboxylic acids is 3. The second-order valence-corrected chi connectivity index (χ2v) is 7.26. The van der Waals surface area contributed by atoms with Crippen LogP contribution in [0.1, 0.15) is 17.5 Å². The second-order valence-electron chi connectivity index (χ2n) is 7.26. The molecular weight excluding hydrogens is 402 g/mol. The van der Waals surface area contributed by atoms with Crippen molar-refractivity contribution in [1.29, 1.82) is 0 Å². The Morgan fingerprint density at radius 1 is 1.13 bits per heavy atom. The lowest BCUT2D eigenvalue weighted by molar-refractivity contribution is -0.130. The van der Waals surface area contributed by atoms with Gasteiger partial charge in [0.25, 0.3) is 5.91 Å². The summed E-state index contributed by atoms with van der Waals surface area (Å²) < 4.78 is 15.7. The molecule has 2 aromatic rings. The summed E-state index contributed by atoms with van der Waals surface area (Å²) in [6, 6.07) is 11.5. The van der Waals surface area contributed by atoms with E-state index in [4.69, 9.17) is 14.2 Å². The standard InChI is InChI=1S/C22H23N3O6/c1-29-16-5-2-14(3-6-16)8-9-25-21(27)17(24-22(25)28)11-20(26)23-12-15-4-7-18-19(10-15)31-13-30-18/h2-7,10,17H,8-9,11-13H2,1H3,(H,23,26)(H,24,28)/t17-/m0/s1. The molecule has 1 saturated heterocycles. The highest BCUT2D eigenvalue weighted by Crippen LogP contribution is 2.32. The Labute approximate surface area is 179 Å². The van der Waals surface area contributed by atoms with E-state index in [2.05, 4.69) is 10.6 Å². The summed E-state index contributed by atoms with van der Waals surface area (Å²) in [6.45, 7) is 0.710. The maximum absolute atomic E-state index is 12.6. The monoisotopic (exact) mass is 425 g/mol.